The number of fused-ring (bicyclic) bond motifs is 1. The first-order valence-electron chi connectivity index (χ1n) is 9.49. The van der Waals surface area contributed by atoms with Crippen LogP contribution in [-0.4, -0.2) is 15.5 Å². The molecular weight excluding hydrogens is 362 g/mol. The number of carbonyl (C=O) groups excluding carboxylic acids is 1. The molecule has 3 aromatic carbocycles. The topological polar surface area (TPSA) is 64.0 Å². The minimum Gasteiger partial charge on any atom is -0.348 e. The summed E-state index contributed by atoms with van der Waals surface area (Å²) in [6.45, 7) is 2.64. The summed E-state index contributed by atoms with van der Waals surface area (Å²) in [6.07, 6.45) is 0. The Balaban J connectivity index is 1.52. The minimum atomic E-state index is -0.122. The number of benzene rings is 3. The van der Waals surface area contributed by atoms with Crippen molar-refractivity contribution < 1.29 is 4.79 Å². The highest BCUT2D eigenvalue weighted by Crippen LogP contribution is 2.13. The average molecular weight is 383 g/mol. The van der Waals surface area contributed by atoms with Gasteiger partial charge in [-0.25, -0.2) is 4.98 Å². The molecule has 4 rings (SSSR count). The molecule has 1 amide bonds. The maximum Gasteiger partial charge on any atom is 0.272 e. The third kappa shape index (κ3) is 4.09. The van der Waals surface area contributed by atoms with Crippen LogP contribution in [0.3, 0.4) is 0 Å². The molecule has 0 saturated heterocycles. The number of amides is 1. The molecule has 5 heteroatoms. The molecule has 5 nitrogen and oxygen atoms in total. The van der Waals surface area contributed by atoms with Crippen LogP contribution >= 0.6 is 0 Å². The Labute approximate surface area is 168 Å². The van der Waals surface area contributed by atoms with E-state index in [4.69, 9.17) is 0 Å². The molecule has 0 spiro atoms. The van der Waals surface area contributed by atoms with Crippen LogP contribution in [0.4, 0.5) is 0 Å². The normalized spacial score (nSPS) is 10.8. The average Bonchev–Trinajstić information content (AvgIpc) is 2.76. The highest BCUT2D eigenvalue weighted by atomic mass is 16.1. The lowest BCUT2D eigenvalue weighted by Crippen LogP contribution is -2.25. The fourth-order valence-corrected chi connectivity index (χ4v) is 3.30. The number of hydrogen-bond acceptors (Lipinski definition) is 3. The lowest BCUT2D eigenvalue weighted by molar-refractivity contribution is 0.0951. The standard InChI is InChI=1S/C24H21N3O2/c1-17-24(29)27(22-10-6-5-9-21(22)26-17)16-19-11-13-20(14-12-19)23(28)25-15-18-7-3-2-4-8-18/h2-14H,15-16H2,1H3,(H,25,28). The molecule has 144 valence electrons. The molecule has 0 atom stereocenters. The maximum absolute atomic E-state index is 12.6. The summed E-state index contributed by atoms with van der Waals surface area (Å²) in [5.41, 5.74) is 4.55. The van der Waals surface area contributed by atoms with E-state index in [9.17, 15) is 9.59 Å². The van der Waals surface area contributed by atoms with E-state index in [1.165, 1.54) is 0 Å². The highest BCUT2D eigenvalue weighted by molar-refractivity contribution is 5.94. The van der Waals surface area contributed by atoms with Gasteiger partial charge in [0.05, 0.1) is 17.6 Å². The number of aromatic nitrogens is 2. The number of rotatable bonds is 5. The second kappa shape index (κ2) is 8.10. The van der Waals surface area contributed by atoms with Gasteiger partial charge < -0.3 is 9.88 Å². The fraction of sp³-hybridized carbons (Fsp3) is 0.125. The van der Waals surface area contributed by atoms with Crippen LogP contribution in [0.15, 0.2) is 83.7 Å². The van der Waals surface area contributed by atoms with Gasteiger partial charge in [-0.05, 0) is 42.3 Å². The first kappa shape index (κ1) is 18.6. The molecule has 0 aliphatic carbocycles. The van der Waals surface area contributed by atoms with E-state index in [1.807, 2.05) is 66.7 Å². The Morgan fingerprint density at radius 2 is 1.59 bits per heavy atom. The van der Waals surface area contributed by atoms with E-state index in [0.717, 1.165) is 22.2 Å². The van der Waals surface area contributed by atoms with Crippen LogP contribution in [0, 0.1) is 6.92 Å². The third-order valence-electron chi connectivity index (χ3n) is 4.87. The number of carbonyl (C=O) groups is 1. The summed E-state index contributed by atoms with van der Waals surface area (Å²) in [5, 5.41) is 2.92. The molecule has 0 aliphatic heterocycles. The molecule has 1 N–H and O–H groups in total. The van der Waals surface area contributed by atoms with Crippen molar-refractivity contribution in [3.05, 3.63) is 112 Å². The SMILES string of the molecule is Cc1nc2ccccc2n(Cc2ccc(C(=O)NCc3ccccc3)cc2)c1=O. The van der Waals surface area contributed by atoms with E-state index < -0.39 is 0 Å². The van der Waals surface area contributed by atoms with Crippen molar-refractivity contribution >= 4 is 16.9 Å². The van der Waals surface area contributed by atoms with Gasteiger partial charge in [0.2, 0.25) is 0 Å². The Kier molecular flexibility index (Phi) is 5.20. The van der Waals surface area contributed by atoms with E-state index >= 15 is 0 Å². The lowest BCUT2D eigenvalue weighted by Gasteiger charge is -2.12. The minimum absolute atomic E-state index is 0.103. The first-order chi connectivity index (χ1) is 14.1. The van der Waals surface area contributed by atoms with Gasteiger partial charge in [-0.2, -0.15) is 0 Å². The summed E-state index contributed by atoms with van der Waals surface area (Å²) in [4.78, 5) is 29.4. The van der Waals surface area contributed by atoms with Gasteiger partial charge in [-0.3, -0.25) is 9.59 Å². The second-order valence-electron chi connectivity index (χ2n) is 6.94. The van der Waals surface area contributed by atoms with Crippen LogP contribution < -0.4 is 10.9 Å². The summed E-state index contributed by atoms with van der Waals surface area (Å²) < 4.78 is 1.72. The molecule has 0 unspecified atom stereocenters. The number of para-hydroxylation sites is 2. The van der Waals surface area contributed by atoms with Gasteiger partial charge in [0.1, 0.15) is 5.69 Å². The lowest BCUT2D eigenvalue weighted by atomic mass is 10.1. The van der Waals surface area contributed by atoms with E-state index in [1.54, 1.807) is 23.6 Å². The number of nitrogens with zero attached hydrogens (tertiary/aromatic N) is 2. The van der Waals surface area contributed by atoms with Crippen molar-refractivity contribution in [3.8, 4) is 0 Å². The number of nitrogens with one attached hydrogen (secondary N) is 1. The summed E-state index contributed by atoms with van der Waals surface area (Å²) in [5.74, 6) is -0.122. The number of hydrogen-bond donors (Lipinski definition) is 1. The van der Waals surface area contributed by atoms with Gasteiger partial charge in [0, 0.05) is 12.1 Å². The van der Waals surface area contributed by atoms with Crippen molar-refractivity contribution in [1.29, 1.82) is 0 Å². The first-order valence-corrected chi connectivity index (χ1v) is 9.49. The van der Waals surface area contributed by atoms with Crippen molar-refractivity contribution in [1.82, 2.24) is 14.9 Å². The van der Waals surface area contributed by atoms with Crippen molar-refractivity contribution in [2.24, 2.45) is 0 Å². The molecule has 0 fully saturated rings. The van der Waals surface area contributed by atoms with Gasteiger partial charge >= 0.3 is 0 Å². The second-order valence-corrected chi connectivity index (χ2v) is 6.94. The predicted octanol–water partition coefficient (Wildman–Crippen LogP) is 3.68. The molecule has 0 saturated carbocycles. The Bertz CT molecular complexity index is 1210. The van der Waals surface area contributed by atoms with Gasteiger partial charge in [-0.15, -0.1) is 0 Å². The Morgan fingerprint density at radius 1 is 0.897 bits per heavy atom. The highest BCUT2D eigenvalue weighted by Gasteiger charge is 2.09. The van der Waals surface area contributed by atoms with E-state index in [0.29, 0.717) is 24.3 Å². The zero-order chi connectivity index (χ0) is 20.2. The largest absolute Gasteiger partial charge is 0.348 e. The zero-order valence-corrected chi connectivity index (χ0v) is 16.1. The maximum atomic E-state index is 12.6. The van der Waals surface area contributed by atoms with E-state index in [-0.39, 0.29) is 11.5 Å². The van der Waals surface area contributed by atoms with Crippen LogP contribution in [0.1, 0.15) is 27.2 Å². The predicted molar refractivity (Wildman–Crippen MR) is 114 cm³/mol. The van der Waals surface area contributed by atoms with Crippen molar-refractivity contribution in [3.63, 3.8) is 0 Å². The summed E-state index contributed by atoms with van der Waals surface area (Å²) >= 11 is 0. The van der Waals surface area contributed by atoms with Crippen LogP contribution in [0.5, 0.6) is 0 Å². The third-order valence-corrected chi connectivity index (χ3v) is 4.87. The van der Waals surface area contributed by atoms with Gasteiger partial charge in [-0.1, -0.05) is 54.6 Å². The van der Waals surface area contributed by atoms with Crippen molar-refractivity contribution in [2.45, 2.75) is 20.0 Å². The molecule has 0 bridgehead atoms. The Hall–Kier alpha value is -3.73. The molecular formula is C24H21N3O2. The van der Waals surface area contributed by atoms with E-state index in [2.05, 4.69) is 10.3 Å². The molecule has 1 aromatic heterocycles. The zero-order valence-electron chi connectivity index (χ0n) is 16.1. The van der Waals surface area contributed by atoms with Crippen molar-refractivity contribution in [2.75, 3.05) is 0 Å². The smallest absolute Gasteiger partial charge is 0.272 e. The number of aryl methyl sites for hydroxylation is 1. The van der Waals surface area contributed by atoms with Gasteiger partial charge in [0.15, 0.2) is 0 Å². The Morgan fingerprint density at radius 3 is 2.34 bits per heavy atom. The summed E-state index contributed by atoms with van der Waals surface area (Å²) in [6, 6.07) is 24.7. The molecule has 0 radical (unpaired) electrons. The quantitative estimate of drug-likeness (QED) is 0.572. The monoisotopic (exact) mass is 383 g/mol. The summed E-state index contributed by atoms with van der Waals surface area (Å²) in [7, 11) is 0. The van der Waals surface area contributed by atoms with Crippen LogP contribution in [-0.2, 0) is 13.1 Å². The van der Waals surface area contributed by atoms with Gasteiger partial charge in [0.25, 0.3) is 11.5 Å². The fourth-order valence-electron chi connectivity index (χ4n) is 3.30. The van der Waals surface area contributed by atoms with Crippen LogP contribution in [0.25, 0.3) is 11.0 Å². The molecule has 1 heterocycles. The van der Waals surface area contributed by atoms with Crippen LogP contribution in [0.2, 0.25) is 0 Å². The molecule has 0 aliphatic rings. The molecule has 29 heavy (non-hydrogen) atoms. The molecule has 4 aromatic rings.